The summed E-state index contributed by atoms with van der Waals surface area (Å²) in [5.74, 6) is 0.619. The molecule has 3 rings (SSSR count). The number of anilines is 1. The van der Waals surface area contributed by atoms with Gasteiger partial charge in [0.15, 0.2) is 11.5 Å². The third kappa shape index (κ3) is 5.33. The van der Waals surface area contributed by atoms with Gasteiger partial charge >= 0.3 is 5.97 Å². The van der Waals surface area contributed by atoms with E-state index in [4.69, 9.17) is 31.5 Å². The molecular weight excluding hydrogens is 391 g/mol. The summed E-state index contributed by atoms with van der Waals surface area (Å²) in [7, 11) is 0. The minimum absolute atomic E-state index is 0. The number of halogens is 2. The number of nitrogen functional groups attached to an aromatic ring is 1. The van der Waals surface area contributed by atoms with E-state index in [9.17, 15) is 4.79 Å². The Bertz CT molecular complexity index is 649. The highest BCUT2D eigenvalue weighted by atomic mass is 35.5. The SMILES string of the molecule is CCCCN1CCC(COC(=O)c2cc(Cl)c(N)c3c2OCCO3)CC1.[Cl-]. The Morgan fingerprint density at radius 1 is 1.30 bits per heavy atom. The first-order valence-electron chi connectivity index (χ1n) is 9.37. The highest BCUT2D eigenvalue weighted by Crippen LogP contribution is 2.43. The number of esters is 1. The lowest BCUT2D eigenvalue weighted by Crippen LogP contribution is -3.00. The van der Waals surface area contributed by atoms with Crippen LogP contribution in [0.5, 0.6) is 11.5 Å². The van der Waals surface area contributed by atoms with Crippen LogP contribution >= 0.6 is 11.6 Å². The molecule has 2 aliphatic rings. The Morgan fingerprint density at radius 2 is 1.96 bits per heavy atom. The Balaban J connectivity index is 0.00000261. The molecule has 0 saturated carbocycles. The topological polar surface area (TPSA) is 74.0 Å². The average Bonchev–Trinajstić information content (AvgIpc) is 2.68. The zero-order valence-electron chi connectivity index (χ0n) is 15.6. The maximum Gasteiger partial charge on any atom is 0.342 e. The Kier molecular flexibility index (Phi) is 8.32. The van der Waals surface area contributed by atoms with Gasteiger partial charge in [0.05, 0.1) is 17.3 Å². The third-order valence-electron chi connectivity index (χ3n) is 5.01. The van der Waals surface area contributed by atoms with E-state index in [1.54, 1.807) is 0 Å². The molecule has 2 N–H and O–H groups in total. The van der Waals surface area contributed by atoms with Gasteiger partial charge in [0, 0.05) is 0 Å². The molecule has 0 radical (unpaired) electrons. The lowest BCUT2D eigenvalue weighted by atomic mass is 9.97. The van der Waals surface area contributed by atoms with Crippen LogP contribution in [0.4, 0.5) is 5.69 Å². The maximum absolute atomic E-state index is 12.6. The summed E-state index contributed by atoms with van der Waals surface area (Å²) in [6.07, 6.45) is 4.57. The van der Waals surface area contributed by atoms with E-state index >= 15 is 0 Å². The minimum Gasteiger partial charge on any atom is -1.00 e. The molecule has 1 aromatic rings. The van der Waals surface area contributed by atoms with Crippen molar-refractivity contribution in [2.24, 2.45) is 5.92 Å². The predicted molar refractivity (Wildman–Crippen MR) is 101 cm³/mol. The quantitative estimate of drug-likeness (QED) is 0.532. The van der Waals surface area contributed by atoms with Crippen molar-refractivity contribution in [2.75, 3.05) is 45.2 Å². The van der Waals surface area contributed by atoms with Crippen molar-refractivity contribution in [2.45, 2.75) is 32.6 Å². The molecular formula is C19H27Cl2N2O4-. The first kappa shape index (κ1) is 21.9. The Hall–Kier alpha value is -1.37. The molecule has 2 aliphatic heterocycles. The molecule has 1 saturated heterocycles. The zero-order valence-corrected chi connectivity index (χ0v) is 17.2. The molecule has 27 heavy (non-hydrogen) atoms. The summed E-state index contributed by atoms with van der Waals surface area (Å²) in [6, 6.07) is 1.50. The fraction of sp³-hybridized carbons (Fsp3) is 0.632. The molecule has 6 nitrogen and oxygen atoms in total. The van der Waals surface area contributed by atoms with Crippen LogP contribution in [0.25, 0.3) is 0 Å². The first-order chi connectivity index (χ1) is 12.6. The molecule has 1 fully saturated rings. The average molecular weight is 418 g/mol. The number of nitrogens with two attached hydrogens (primary N) is 1. The summed E-state index contributed by atoms with van der Waals surface area (Å²) in [5, 5.41) is 0.269. The van der Waals surface area contributed by atoms with Gasteiger partial charge in [-0.15, -0.1) is 0 Å². The molecule has 2 heterocycles. The van der Waals surface area contributed by atoms with Crippen molar-refractivity contribution < 1.29 is 31.4 Å². The van der Waals surface area contributed by atoms with Crippen molar-refractivity contribution in [1.82, 2.24) is 4.90 Å². The molecule has 0 aromatic heterocycles. The number of likely N-dealkylation sites (tertiary alicyclic amines) is 1. The van der Waals surface area contributed by atoms with Gasteiger partial charge < -0.3 is 37.3 Å². The number of fused-ring (bicyclic) bond motifs is 1. The number of nitrogens with zero attached hydrogens (tertiary/aromatic N) is 1. The van der Waals surface area contributed by atoms with Gasteiger partial charge in [-0.2, -0.15) is 0 Å². The lowest BCUT2D eigenvalue weighted by Gasteiger charge is -2.31. The smallest absolute Gasteiger partial charge is 0.342 e. The van der Waals surface area contributed by atoms with E-state index in [1.807, 2.05) is 0 Å². The van der Waals surface area contributed by atoms with Gasteiger partial charge in [-0.3, -0.25) is 0 Å². The van der Waals surface area contributed by atoms with Crippen LogP contribution in [-0.2, 0) is 4.74 Å². The third-order valence-corrected chi connectivity index (χ3v) is 5.32. The van der Waals surface area contributed by atoms with Crippen molar-refractivity contribution in [3.05, 3.63) is 16.7 Å². The maximum atomic E-state index is 12.6. The minimum atomic E-state index is -0.443. The summed E-state index contributed by atoms with van der Waals surface area (Å²) >= 11 is 6.13. The molecule has 0 atom stereocenters. The second-order valence-electron chi connectivity index (χ2n) is 6.91. The number of unbranched alkanes of at least 4 members (excludes halogenated alkanes) is 1. The van der Waals surface area contributed by atoms with Crippen LogP contribution < -0.4 is 27.6 Å². The van der Waals surface area contributed by atoms with Gasteiger partial charge in [0.2, 0.25) is 0 Å². The largest absolute Gasteiger partial charge is 1.00 e. The van der Waals surface area contributed by atoms with Crippen LogP contribution in [-0.4, -0.2) is 50.3 Å². The number of piperidine rings is 1. The number of ether oxygens (including phenoxy) is 3. The standard InChI is InChI=1S/C19H27ClN2O4.ClH/c1-2-3-6-22-7-4-13(5-8-22)12-26-19(23)14-11-15(20)16(21)18-17(14)24-9-10-25-18;/h11,13H,2-10,12,21H2,1H3;1H/p-1. The Labute approximate surface area is 171 Å². The number of rotatable bonds is 6. The van der Waals surface area contributed by atoms with Gasteiger partial charge in [-0.05, 0) is 50.9 Å². The summed E-state index contributed by atoms with van der Waals surface area (Å²) in [5.41, 5.74) is 6.48. The van der Waals surface area contributed by atoms with Gasteiger partial charge in [-0.1, -0.05) is 24.9 Å². The second kappa shape index (κ2) is 10.2. The fourth-order valence-corrected chi connectivity index (χ4v) is 3.57. The van der Waals surface area contributed by atoms with Gasteiger partial charge in [0.25, 0.3) is 0 Å². The van der Waals surface area contributed by atoms with E-state index in [0.717, 1.165) is 32.5 Å². The molecule has 0 spiro atoms. The first-order valence-corrected chi connectivity index (χ1v) is 9.75. The van der Waals surface area contributed by atoms with Crippen LogP contribution in [0.1, 0.15) is 43.0 Å². The molecule has 0 bridgehead atoms. The molecule has 8 heteroatoms. The molecule has 1 aromatic carbocycles. The number of benzene rings is 1. The second-order valence-corrected chi connectivity index (χ2v) is 7.32. The molecule has 0 aliphatic carbocycles. The Morgan fingerprint density at radius 3 is 2.63 bits per heavy atom. The highest BCUT2D eigenvalue weighted by molar-refractivity contribution is 6.34. The van der Waals surface area contributed by atoms with E-state index in [0.29, 0.717) is 37.2 Å². The van der Waals surface area contributed by atoms with Crippen molar-refractivity contribution in [1.29, 1.82) is 0 Å². The summed E-state index contributed by atoms with van der Waals surface area (Å²) in [4.78, 5) is 15.1. The van der Waals surface area contributed by atoms with E-state index in [2.05, 4.69) is 11.8 Å². The zero-order chi connectivity index (χ0) is 18.5. The van der Waals surface area contributed by atoms with Gasteiger partial charge in [0.1, 0.15) is 18.8 Å². The monoisotopic (exact) mass is 417 g/mol. The fourth-order valence-electron chi connectivity index (χ4n) is 3.38. The predicted octanol–water partition coefficient (Wildman–Crippen LogP) is 0.366. The molecule has 0 amide bonds. The van der Waals surface area contributed by atoms with E-state index < -0.39 is 5.97 Å². The van der Waals surface area contributed by atoms with Crippen LogP contribution in [0.15, 0.2) is 6.07 Å². The van der Waals surface area contributed by atoms with Crippen molar-refractivity contribution in [3.63, 3.8) is 0 Å². The molecule has 152 valence electrons. The van der Waals surface area contributed by atoms with Crippen LogP contribution in [0.2, 0.25) is 5.02 Å². The lowest BCUT2D eigenvalue weighted by molar-refractivity contribution is -0.0000276. The van der Waals surface area contributed by atoms with E-state index in [1.165, 1.54) is 18.9 Å². The van der Waals surface area contributed by atoms with Crippen LogP contribution in [0.3, 0.4) is 0 Å². The molecule has 0 unspecified atom stereocenters. The van der Waals surface area contributed by atoms with Crippen molar-refractivity contribution >= 4 is 23.3 Å². The highest BCUT2D eigenvalue weighted by Gasteiger charge is 2.27. The normalized spacial score (nSPS) is 17.3. The van der Waals surface area contributed by atoms with E-state index in [-0.39, 0.29) is 28.7 Å². The number of carbonyl (C=O) groups is 1. The van der Waals surface area contributed by atoms with Gasteiger partial charge in [-0.25, -0.2) is 4.79 Å². The number of carbonyl (C=O) groups excluding carboxylic acids is 1. The van der Waals surface area contributed by atoms with Crippen molar-refractivity contribution in [3.8, 4) is 11.5 Å². The number of hydrogen-bond donors (Lipinski definition) is 1. The van der Waals surface area contributed by atoms with Crippen LogP contribution in [0, 0.1) is 5.92 Å². The summed E-state index contributed by atoms with van der Waals surface area (Å²) < 4.78 is 16.7. The number of hydrogen-bond acceptors (Lipinski definition) is 6. The summed E-state index contributed by atoms with van der Waals surface area (Å²) in [6.45, 7) is 6.68.